The van der Waals surface area contributed by atoms with Gasteiger partial charge in [0.1, 0.15) is 0 Å². The summed E-state index contributed by atoms with van der Waals surface area (Å²) in [4.78, 5) is 0. The summed E-state index contributed by atoms with van der Waals surface area (Å²) < 4.78 is 0. The van der Waals surface area contributed by atoms with E-state index in [-0.39, 0.29) is 0 Å². The van der Waals surface area contributed by atoms with Crippen molar-refractivity contribution < 1.29 is 0 Å². The van der Waals surface area contributed by atoms with E-state index in [9.17, 15) is 0 Å². The van der Waals surface area contributed by atoms with E-state index in [2.05, 4.69) is 38.2 Å². The molecule has 1 aromatic rings. The van der Waals surface area contributed by atoms with Crippen LogP contribution in [0, 0.1) is 0 Å². The zero-order chi connectivity index (χ0) is 13.4. The predicted molar refractivity (Wildman–Crippen MR) is 84.9 cm³/mol. The van der Waals surface area contributed by atoms with Crippen molar-refractivity contribution in [2.24, 2.45) is 0 Å². The average molecular weight is 286 g/mol. The molecule has 0 saturated carbocycles. The number of halogens is 1. The van der Waals surface area contributed by atoms with E-state index in [0.29, 0.717) is 12.0 Å². The smallest absolute Gasteiger partial charge is 0.0441 e. The molecule has 1 N–H and O–H groups in total. The van der Waals surface area contributed by atoms with Crippen LogP contribution >= 0.6 is 23.4 Å². The summed E-state index contributed by atoms with van der Waals surface area (Å²) in [5.74, 6) is 2.90. The van der Waals surface area contributed by atoms with Crippen molar-refractivity contribution >= 4 is 23.4 Å². The summed E-state index contributed by atoms with van der Waals surface area (Å²) in [6.45, 7) is 7.59. The Morgan fingerprint density at radius 1 is 1.28 bits per heavy atom. The topological polar surface area (TPSA) is 12.0 Å². The normalized spacial score (nSPS) is 12.9. The third-order valence-corrected chi connectivity index (χ3v) is 4.21. The molecule has 1 atom stereocenters. The van der Waals surface area contributed by atoms with Crippen LogP contribution in [0.25, 0.3) is 0 Å². The third kappa shape index (κ3) is 5.64. The molecule has 0 heterocycles. The standard InChI is InChI=1S/C15H24ClNS/c1-4-18-10-9-13(11-17-12(2)3)14-7-5-6-8-15(14)16/h5-8,12-13,17H,4,9-11H2,1-3H3. The Balaban J connectivity index is 2.66. The van der Waals surface area contributed by atoms with Crippen LogP contribution in [-0.4, -0.2) is 24.1 Å². The fourth-order valence-corrected chi connectivity index (χ4v) is 2.95. The Morgan fingerprint density at radius 2 is 2.00 bits per heavy atom. The molecular weight excluding hydrogens is 262 g/mol. The van der Waals surface area contributed by atoms with Gasteiger partial charge in [-0.05, 0) is 35.5 Å². The summed E-state index contributed by atoms with van der Waals surface area (Å²) in [6, 6.07) is 8.75. The SMILES string of the molecule is CCSCCC(CNC(C)C)c1ccccc1Cl. The molecule has 0 fully saturated rings. The molecule has 1 unspecified atom stereocenters. The number of rotatable bonds is 8. The second-order valence-electron chi connectivity index (χ2n) is 4.77. The van der Waals surface area contributed by atoms with Gasteiger partial charge in [-0.25, -0.2) is 0 Å². The van der Waals surface area contributed by atoms with E-state index in [4.69, 9.17) is 11.6 Å². The fraction of sp³-hybridized carbons (Fsp3) is 0.600. The van der Waals surface area contributed by atoms with Crippen LogP contribution in [-0.2, 0) is 0 Å². The van der Waals surface area contributed by atoms with E-state index in [0.717, 1.165) is 11.6 Å². The van der Waals surface area contributed by atoms with Gasteiger partial charge in [0.05, 0.1) is 0 Å². The molecule has 18 heavy (non-hydrogen) atoms. The first-order chi connectivity index (χ1) is 8.65. The van der Waals surface area contributed by atoms with Gasteiger partial charge in [0.15, 0.2) is 0 Å². The highest BCUT2D eigenvalue weighted by Gasteiger charge is 2.14. The number of thioether (sulfide) groups is 1. The van der Waals surface area contributed by atoms with Gasteiger partial charge < -0.3 is 5.32 Å². The minimum atomic E-state index is 0.514. The van der Waals surface area contributed by atoms with Gasteiger partial charge in [-0.2, -0.15) is 11.8 Å². The maximum Gasteiger partial charge on any atom is 0.0441 e. The summed E-state index contributed by atoms with van der Waals surface area (Å²) in [5.41, 5.74) is 1.28. The first kappa shape index (κ1) is 15.9. The van der Waals surface area contributed by atoms with Gasteiger partial charge >= 0.3 is 0 Å². The molecule has 0 bridgehead atoms. The molecule has 102 valence electrons. The zero-order valence-electron chi connectivity index (χ0n) is 11.6. The van der Waals surface area contributed by atoms with Gasteiger partial charge in [-0.3, -0.25) is 0 Å². The summed E-state index contributed by atoms with van der Waals surface area (Å²) in [6.07, 6.45) is 1.18. The number of benzene rings is 1. The lowest BCUT2D eigenvalue weighted by molar-refractivity contribution is 0.522. The predicted octanol–water partition coefficient (Wildman–Crippen LogP) is 4.56. The highest BCUT2D eigenvalue weighted by atomic mass is 35.5. The van der Waals surface area contributed by atoms with Crippen LogP contribution in [0.15, 0.2) is 24.3 Å². The Morgan fingerprint density at radius 3 is 2.61 bits per heavy atom. The van der Waals surface area contributed by atoms with Crippen molar-refractivity contribution in [1.29, 1.82) is 0 Å². The maximum absolute atomic E-state index is 6.31. The van der Waals surface area contributed by atoms with Gasteiger partial charge in [0, 0.05) is 17.6 Å². The largest absolute Gasteiger partial charge is 0.314 e. The van der Waals surface area contributed by atoms with Crippen LogP contribution < -0.4 is 5.32 Å². The van der Waals surface area contributed by atoms with Crippen LogP contribution in [0.2, 0.25) is 5.02 Å². The summed E-state index contributed by atoms with van der Waals surface area (Å²) >= 11 is 8.31. The molecule has 3 heteroatoms. The van der Waals surface area contributed by atoms with E-state index in [1.165, 1.54) is 23.5 Å². The quantitative estimate of drug-likeness (QED) is 0.703. The van der Waals surface area contributed by atoms with Crippen molar-refractivity contribution in [3.8, 4) is 0 Å². The van der Waals surface area contributed by atoms with Crippen LogP contribution in [0.4, 0.5) is 0 Å². The van der Waals surface area contributed by atoms with Crippen LogP contribution in [0.3, 0.4) is 0 Å². The van der Waals surface area contributed by atoms with Crippen molar-refractivity contribution in [3.63, 3.8) is 0 Å². The molecule has 0 aliphatic carbocycles. The Kier molecular flexibility index (Phi) is 7.80. The van der Waals surface area contributed by atoms with E-state index < -0.39 is 0 Å². The number of hydrogen-bond acceptors (Lipinski definition) is 2. The molecule has 0 aromatic heterocycles. The first-order valence-corrected chi connectivity index (χ1v) is 8.24. The van der Waals surface area contributed by atoms with Crippen LogP contribution in [0.5, 0.6) is 0 Å². The minimum Gasteiger partial charge on any atom is -0.314 e. The number of nitrogens with one attached hydrogen (secondary N) is 1. The molecule has 0 saturated heterocycles. The molecule has 0 spiro atoms. The lowest BCUT2D eigenvalue weighted by atomic mass is 9.96. The Bertz CT molecular complexity index is 341. The van der Waals surface area contributed by atoms with Crippen LogP contribution in [0.1, 0.15) is 38.7 Å². The average Bonchev–Trinajstić information content (AvgIpc) is 2.34. The van der Waals surface area contributed by atoms with Crippen molar-refractivity contribution in [3.05, 3.63) is 34.9 Å². The third-order valence-electron chi connectivity index (χ3n) is 2.93. The number of hydrogen-bond donors (Lipinski definition) is 1. The highest BCUT2D eigenvalue weighted by molar-refractivity contribution is 7.99. The Labute approximate surface area is 121 Å². The molecule has 1 nitrogen and oxygen atoms in total. The molecule has 1 rings (SSSR count). The second kappa shape index (κ2) is 8.84. The van der Waals surface area contributed by atoms with E-state index in [1.807, 2.05) is 23.9 Å². The second-order valence-corrected chi connectivity index (χ2v) is 6.57. The maximum atomic E-state index is 6.31. The molecule has 0 amide bonds. The lowest BCUT2D eigenvalue weighted by Crippen LogP contribution is -2.28. The lowest BCUT2D eigenvalue weighted by Gasteiger charge is -2.20. The molecular formula is C15H24ClNS. The monoisotopic (exact) mass is 285 g/mol. The molecule has 0 aliphatic heterocycles. The van der Waals surface area contributed by atoms with Gasteiger partial charge in [0.25, 0.3) is 0 Å². The highest BCUT2D eigenvalue weighted by Crippen LogP contribution is 2.27. The van der Waals surface area contributed by atoms with Gasteiger partial charge in [-0.1, -0.05) is 50.6 Å². The van der Waals surface area contributed by atoms with E-state index in [1.54, 1.807) is 0 Å². The van der Waals surface area contributed by atoms with Gasteiger partial charge in [-0.15, -0.1) is 0 Å². The summed E-state index contributed by atoms with van der Waals surface area (Å²) in [7, 11) is 0. The Hall–Kier alpha value is -0.180. The van der Waals surface area contributed by atoms with Crippen molar-refractivity contribution in [1.82, 2.24) is 5.32 Å². The minimum absolute atomic E-state index is 0.514. The zero-order valence-corrected chi connectivity index (χ0v) is 13.2. The first-order valence-electron chi connectivity index (χ1n) is 6.70. The summed E-state index contributed by atoms with van der Waals surface area (Å²) in [5, 5.41) is 4.43. The molecule has 0 aliphatic rings. The molecule has 0 radical (unpaired) electrons. The van der Waals surface area contributed by atoms with Crippen molar-refractivity contribution in [2.75, 3.05) is 18.1 Å². The van der Waals surface area contributed by atoms with Crippen molar-refractivity contribution in [2.45, 2.75) is 39.2 Å². The fourth-order valence-electron chi connectivity index (χ4n) is 1.92. The van der Waals surface area contributed by atoms with Gasteiger partial charge in [0.2, 0.25) is 0 Å². The van der Waals surface area contributed by atoms with E-state index >= 15 is 0 Å². The molecule has 1 aromatic carbocycles.